The Morgan fingerprint density at radius 1 is 1.36 bits per heavy atom. The van der Waals surface area contributed by atoms with Gasteiger partial charge in [-0.2, -0.15) is 0 Å². The molecule has 0 radical (unpaired) electrons. The van der Waals surface area contributed by atoms with Gasteiger partial charge in [-0.25, -0.2) is 13.2 Å². The van der Waals surface area contributed by atoms with Gasteiger partial charge < -0.3 is 10.1 Å². The summed E-state index contributed by atoms with van der Waals surface area (Å²) in [5, 5.41) is 3.23. The Morgan fingerprint density at radius 3 is 2.64 bits per heavy atom. The molecular formula is C18H28N2O4S. The first kappa shape index (κ1) is 19.7. The number of hydrogen-bond donors (Lipinski definition) is 1. The summed E-state index contributed by atoms with van der Waals surface area (Å²) in [5.41, 5.74) is 2.43. The molecule has 25 heavy (non-hydrogen) atoms. The smallest absolute Gasteiger partial charge is 0.414 e. The predicted molar refractivity (Wildman–Crippen MR) is 99.7 cm³/mol. The average molecular weight is 368 g/mol. The Balaban J connectivity index is 2.15. The van der Waals surface area contributed by atoms with Crippen LogP contribution in [0.5, 0.6) is 0 Å². The summed E-state index contributed by atoms with van der Waals surface area (Å²) in [6, 6.07) is 5.78. The zero-order valence-corrected chi connectivity index (χ0v) is 16.4. The van der Waals surface area contributed by atoms with E-state index >= 15 is 0 Å². The Labute approximate surface area is 150 Å². The summed E-state index contributed by atoms with van der Waals surface area (Å²) in [7, 11) is -3.03. The number of rotatable bonds is 5. The van der Waals surface area contributed by atoms with Gasteiger partial charge in [0.15, 0.2) is 0 Å². The van der Waals surface area contributed by atoms with Crippen LogP contribution in [0.25, 0.3) is 0 Å². The lowest BCUT2D eigenvalue weighted by atomic mass is 10.1. The molecular weight excluding hydrogens is 340 g/mol. The maximum atomic E-state index is 12.5. The molecule has 0 spiro atoms. The quantitative estimate of drug-likeness (QED) is 0.864. The first-order valence-corrected chi connectivity index (χ1v) is 10.5. The van der Waals surface area contributed by atoms with Crippen molar-refractivity contribution in [3.8, 4) is 0 Å². The van der Waals surface area contributed by atoms with Crippen LogP contribution in [0.4, 0.5) is 10.5 Å². The van der Waals surface area contributed by atoms with E-state index in [-0.39, 0.29) is 17.9 Å². The van der Waals surface area contributed by atoms with Crippen LogP contribution in [0.2, 0.25) is 0 Å². The zero-order valence-electron chi connectivity index (χ0n) is 15.6. The highest BCUT2D eigenvalue weighted by Gasteiger charge is 2.30. The monoisotopic (exact) mass is 368 g/mol. The molecule has 0 saturated carbocycles. The maximum absolute atomic E-state index is 12.5. The Kier molecular flexibility index (Phi) is 5.79. The molecule has 2 rings (SSSR count). The Bertz CT molecular complexity index is 738. The number of amides is 1. The molecule has 1 aliphatic rings. The largest absolute Gasteiger partial charge is 0.443 e. The van der Waals surface area contributed by atoms with Gasteiger partial charge in [-0.3, -0.25) is 4.90 Å². The minimum absolute atomic E-state index is 0.0812. The molecule has 0 aliphatic carbocycles. The van der Waals surface area contributed by atoms with Gasteiger partial charge >= 0.3 is 6.09 Å². The van der Waals surface area contributed by atoms with E-state index in [0.717, 1.165) is 23.2 Å². The lowest BCUT2D eigenvalue weighted by molar-refractivity contribution is 0.0583. The number of hydrogen-bond acceptors (Lipinski definition) is 5. The number of fused-ring (bicyclic) bond motifs is 1. The van der Waals surface area contributed by atoms with Crippen LogP contribution in [-0.2, 0) is 27.5 Å². The lowest BCUT2D eigenvalue weighted by Crippen LogP contribution is -2.37. The van der Waals surface area contributed by atoms with Crippen molar-refractivity contribution in [1.82, 2.24) is 5.32 Å². The summed E-state index contributed by atoms with van der Waals surface area (Å²) in [5.74, 6) is 0.0812. The van der Waals surface area contributed by atoms with Gasteiger partial charge in [0.25, 0.3) is 0 Å². The van der Waals surface area contributed by atoms with Crippen LogP contribution in [0.1, 0.15) is 38.8 Å². The van der Waals surface area contributed by atoms with E-state index in [0.29, 0.717) is 13.1 Å². The van der Waals surface area contributed by atoms with Crippen molar-refractivity contribution in [2.24, 2.45) is 0 Å². The molecule has 6 nitrogen and oxygen atoms in total. The molecule has 0 fully saturated rings. The van der Waals surface area contributed by atoms with Gasteiger partial charge in [-0.1, -0.05) is 18.2 Å². The SMILES string of the molecule is CC(CS(C)(=O)=O)NCc1cccc2c1N(C(=O)OC(C)(C)C)CC2. The van der Waals surface area contributed by atoms with Gasteiger partial charge in [0.2, 0.25) is 0 Å². The number of benzene rings is 1. The number of anilines is 1. The Hall–Kier alpha value is -1.60. The lowest BCUT2D eigenvalue weighted by Gasteiger charge is -2.26. The molecule has 1 aromatic rings. The van der Waals surface area contributed by atoms with Gasteiger partial charge in [-0.15, -0.1) is 0 Å². The third-order valence-electron chi connectivity index (χ3n) is 3.89. The molecule has 1 aromatic carbocycles. The molecule has 0 bridgehead atoms. The summed E-state index contributed by atoms with van der Waals surface area (Å²) >= 11 is 0. The first-order valence-electron chi connectivity index (χ1n) is 8.49. The summed E-state index contributed by atoms with van der Waals surface area (Å²) in [6.45, 7) is 8.49. The summed E-state index contributed by atoms with van der Waals surface area (Å²) in [6.07, 6.45) is 1.68. The molecule has 140 valence electrons. The van der Waals surface area contributed by atoms with E-state index < -0.39 is 15.4 Å². The molecule has 1 unspecified atom stereocenters. The van der Waals surface area contributed by atoms with Crippen LogP contribution in [0, 0.1) is 0 Å². The van der Waals surface area contributed by atoms with Crippen molar-refractivity contribution < 1.29 is 17.9 Å². The molecule has 0 saturated heterocycles. The third-order valence-corrected chi connectivity index (χ3v) is 4.99. The highest BCUT2D eigenvalue weighted by Crippen LogP contribution is 2.33. The van der Waals surface area contributed by atoms with Crippen molar-refractivity contribution in [3.05, 3.63) is 29.3 Å². The molecule has 1 aliphatic heterocycles. The second kappa shape index (κ2) is 7.33. The number of nitrogens with zero attached hydrogens (tertiary/aromatic N) is 1. The summed E-state index contributed by atoms with van der Waals surface area (Å²) < 4.78 is 28.3. The zero-order chi connectivity index (χ0) is 18.8. The number of para-hydroxylation sites is 1. The number of sulfone groups is 1. The van der Waals surface area contributed by atoms with Crippen LogP contribution in [0.15, 0.2) is 18.2 Å². The molecule has 1 heterocycles. The van der Waals surface area contributed by atoms with Gasteiger partial charge in [0, 0.05) is 25.4 Å². The standard InChI is InChI=1S/C18H28N2O4S/c1-13(12-25(5,22)23)19-11-15-8-6-7-14-9-10-20(16(14)15)17(21)24-18(2,3)4/h6-8,13,19H,9-12H2,1-5H3. The number of ether oxygens (including phenoxy) is 1. The van der Waals surface area contributed by atoms with E-state index in [4.69, 9.17) is 4.74 Å². The minimum Gasteiger partial charge on any atom is -0.443 e. The van der Waals surface area contributed by atoms with Gasteiger partial charge in [0.05, 0.1) is 11.4 Å². The second-order valence-corrected chi connectivity index (χ2v) is 9.87. The first-order chi connectivity index (χ1) is 11.5. The van der Waals surface area contributed by atoms with Crippen molar-refractivity contribution in [3.63, 3.8) is 0 Å². The fraction of sp³-hybridized carbons (Fsp3) is 0.611. The normalized spacial score (nSPS) is 15.8. The molecule has 1 N–H and O–H groups in total. The van der Waals surface area contributed by atoms with Crippen molar-refractivity contribution in [1.29, 1.82) is 0 Å². The van der Waals surface area contributed by atoms with Crippen molar-refractivity contribution >= 4 is 21.6 Å². The number of carbonyl (C=O) groups excluding carboxylic acids is 1. The van der Waals surface area contributed by atoms with Gasteiger partial charge in [-0.05, 0) is 45.2 Å². The highest BCUT2D eigenvalue weighted by atomic mass is 32.2. The van der Waals surface area contributed by atoms with E-state index in [1.165, 1.54) is 6.26 Å². The van der Waals surface area contributed by atoms with E-state index in [2.05, 4.69) is 5.32 Å². The molecule has 1 amide bonds. The highest BCUT2D eigenvalue weighted by molar-refractivity contribution is 7.90. The van der Waals surface area contributed by atoms with Crippen LogP contribution >= 0.6 is 0 Å². The Morgan fingerprint density at radius 2 is 2.04 bits per heavy atom. The minimum atomic E-state index is -3.03. The number of carbonyl (C=O) groups is 1. The van der Waals surface area contributed by atoms with Crippen molar-refractivity contribution in [2.75, 3.05) is 23.5 Å². The summed E-state index contributed by atoms with van der Waals surface area (Å²) in [4.78, 5) is 14.2. The van der Waals surface area contributed by atoms with Crippen LogP contribution in [0.3, 0.4) is 0 Å². The van der Waals surface area contributed by atoms with Crippen LogP contribution < -0.4 is 10.2 Å². The average Bonchev–Trinajstić information content (AvgIpc) is 2.86. The molecule has 1 atom stereocenters. The van der Waals surface area contributed by atoms with Crippen molar-refractivity contribution in [2.45, 2.75) is 52.3 Å². The second-order valence-electron chi connectivity index (χ2n) is 7.68. The molecule has 7 heteroatoms. The van der Waals surface area contributed by atoms with E-state index in [9.17, 15) is 13.2 Å². The van der Waals surface area contributed by atoms with Gasteiger partial charge in [0.1, 0.15) is 15.4 Å². The van der Waals surface area contributed by atoms with E-state index in [1.807, 2.05) is 45.9 Å². The fourth-order valence-corrected chi connectivity index (χ4v) is 4.00. The number of nitrogens with one attached hydrogen (secondary N) is 1. The third kappa shape index (κ3) is 5.71. The predicted octanol–water partition coefficient (Wildman–Crippen LogP) is 2.51. The van der Waals surface area contributed by atoms with E-state index in [1.54, 1.807) is 4.90 Å². The molecule has 0 aromatic heterocycles. The maximum Gasteiger partial charge on any atom is 0.414 e. The van der Waals surface area contributed by atoms with Crippen LogP contribution in [-0.4, -0.2) is 44.7 Å². The topological polar surface area (TPSA) is 75.7 Å². The fourth-order valence-electron chi connectivity index (χ4n) is 2.98.